The molecule has 1 fully saturated rings. The number of rotatable bonds is 2. The molecule has 0 aromatic heterocycles. The van der Waals surface area contributed by atoms with Gasteiger partial charge in [0.25, 0.3) is 0 Å². The average molecular weight is 223 g/mol. The third-order valence-electron chi connectivity index (χ3n) is 2.80. The fraction of sp³-hybridized carbons (Fsp3) is 0.900. The lowest BCUT2D eigenvalue weighted by atomic mass is 9.76. The molecule has 0 aromatic rings. The van der Waals surface area contributed by atoms with Gasteiger partial charge in [0, 0.05) is 1.37 Å². The minimum Gasteiger partial charge on any atom is -0.468 e. The van der Waals surface area contributed by atoms with Gasteiger partial charge in [-0.05, 0) is 25.7 Å². The highest BCUT2D eigenvalue weighted by atomic mass is 35.5. The van der Waals surface area contributed by atoms with Gasteiger partial charge in [-0.25, -0.2) is 0 Å². The van der Waals surface area contributed by atoms with Gasteiger partial charge in [-0.3, -0.25) is 4.79 Å². The maximum Gasteiger partial charge on any atom is 0.325 e. The van der Waals surface area contributed by atoms with Crippen LogP contribution in [0.5, 0.6) is 0 Å². The molecule has 14 heavy (non-hydrogen) atoms. The number of halogens is 1. The second kappa shape index (κ2) is 5.56. The van der Waals surface area contributed by atoms with E-state index in [4.69, 9.17) is 7.10 Å². The summed E-state index contributed by atoms with van der Waals surface area (Å²) in [5.74, 6) is -1.33. The fourth-order valence-corrected chi connectivity index (χ4v) is 1.85. The monoisotopic (exact) mass is 222 g/mol. The maximum absolute atomic E-state index is 11.5. The van der Waals surface area contributed by atoms with Crippen LogP contribution in [0.2, 0.25) is 0 Å². The highest BCUT2D eigenvalue weighted by molar-refractivity contribution is 5.85. The van der Waals surface area contributed by atoms with Gasteiger partial charge >= 0.3 is 5.97 Å². The van der Waals surface area contributed by atoms with Gasteiger partial charge in [0.1, 0.15) is 5.54 Å². The number of esters is 1. The zero-order chi connectivity index (χ0) is 10.8. The van der Waals surface area contributed by atoms with Gasteiger partial charge in [-0.15, -0.1) is 12.4 Å². The van der Waals surface area contributed by atoms with E-state index in [9.17, 15) is 4.79 Å². The third kappa shape index (κ3) is 2.85. The predicted molar refractivity (Wildman–Crippen MR) is 58.4 cm³/mol. The lowest BCUT2D eigenvalue weighted by molar-refractivity contribution is -0.149. The van der Waals surface area contributed by atoms with Crippen molar-refractivity contribution >= 4 is 18.4 Å². The molecule has 1 rings (SSSR count). The van der Waals surface area contributed by atoms with E-state index in [1.165, 1.54) is 7.11 Å². The molecule has 1 aliphatic rings. The summed E-state index contributed by atoms with van der Waals surface area (Å²) in [4.78, 5) is 11.5. The molecule has 0 aliphatic heterocycles. The Morgan fingerprint density at radius 1 is 1.50 bits per heavy atom. The van der Waals surface area contributed by atoms with Crippen LogP contribution in [0.3, 0.4) is 0 Å². The number of hydrogen-bond donors (Lipinski definition) is 1. The van der Waals surface area contributed by atoms with Crippen LogP contribution in [0.1, 0.15) is 40.4 Å². The van der Waals surface area contributed by atoms with E-state index in [0.29, 0.717) is 12.8 Å². The van der Waals surface area contributed by atoms with Gasteiger partial charge in [0.2, 0.25) is 0 Å². The van der Waals surface area contributed by atoms with Crippen molar-refractivity contribution in [1.82, 2.24) is 0 Å². The second-order valence-electron chi connectivity index (χ2n) is 3.86. The van der Waals surface area contributed by atoms with Crippen LogP contribution in [-0.2, 0) is 9.53 Å². The first kappa shape index (κ1) is 11.8. The van der Waals surface area contributed by atoms with Crippen LogP contribution in [0.4, 0.5) is 0 Å². The van der Waals surface area contributed by atoms with Crippen LogP contribution >= 0.6 is 12.4 Å². The van der Waals surface area contributed by atoms with Gasteiger partial charge in [0.15, 0.2) is 0 Å². The van der Waals surface area contributed by atoms with Gasteiger partial charge in [-0.2, -0.15) is 0 Å². The van der Waals surface area contributed by atoms with E-state index in [2.05, 4.69) is 4.74 Å². The summed E-state index contributed by atoms with van der Waals surface area (Å²) >= 11 is 0. The molecule has 0 aromatic carbocycles. The molecule has 0 radical (unpaired) electrons. The number of nitrogens with two attached hydrogens (primary N) is 1. The summed E-state index contributed by atoms with van der Waals surface area (Å²) in [6.45, 7) is 1.61. The van der Waals surface area contributed by atoms with Crippen LogP contribution < -0.4 is 5.73 Å². The SMILES string of the molecule is Cl.[2H]C1([C@@](C)(N)C(=O)OC)CCCCC1. The van der Waals surface area contributed by atoms with Gasteiger partial charge < -0.3 is 10.5 Å². The van der Waals surface area contributed by atoms with E-state index in [1.807, 2.05) is 0 Å². The highest BCUT2D eigenvalue weighted by Gasteiger charge is 2.38. The van der Waals surface area contributed by atoms with E-state index in [1.54, 1.807) is 6.92 Å². The first-order valence-corrected chi connectivity index (χ1v) is 4.81. The summed E-state index contributed by atoms with van der Waals surface area (Å²) in [6.07, 6.45) is 4.47. The summed E-state index contributed by atoms with van der Waals surface area (Å²) in [5.41, 5.74) is 4.74. The van der Waals surface area contributed by atoms with E-state index < -0.39 is 17.4 Å². The fourth-order valence-electron chi connectivity index (χ4n) is 1.85. The van der Waals surface area contributed by atoms with Crippen molar-refractivity contribution in [2.75, 3.05) is 7.11 Å². The Kier molecular flexibility index (Phi) is 4.69. The molecule has 1 saturated carbocycles. The minimum absolute atomic E-state index is 0. The largest absolute Gasteiger partial charge is 0.468 e. The second-order valence-corrected chi connectivity index (χ2v) is 3.86. The van der Waals surface area contributed by atoms with Gasteiger partial charge in [-0.1, -0.05) is 19.3 Å². The van der Waals surface area contributed by atoms with Crippen molar-refractivity contribution in [3.63, 3.8) is 0 Å². The Hall–Kier alpha value is -0.280. The molecule has 0 bridgehead atoms. The molecule has 3 nitrogen and oxygen atoms in total. The number of carbonyl (C=O) groups excluding carboxylic acids is 1. The van der Waals surface area contributed by atoms with Crippen LogP contribution in [0.25, 0.3) is 0 Å². The number of ether oxygens (including phenoxy) is 1. The van der Waals surface area contributed by atoms with Crippen LogP contribution in [0, 0.1) is 5.89 Å². The smallest absolute Gasteiger partial charge is 0.325 e. The Balaban J connectivity index is 0.00000196. The van der Waals surface area contributed by atoms with Crippen LogP contribution in [-0.4, -0.2) is 18.6 Å². The molecule has 2 N–H and O–H groups in total. The molecule has 0 heterocycles. The number of carbonyl (C=O) groups is 1. The summed E-state index contributed by atoms with van der Waals surface area (Å²) in [7, 11) is 1.32. The zero-order valence-electron chi connectivity index (χ0n) is 9.84. The Bertz CT molecular complexity index is 227. The van der Waals surface area contributed by atoms with Gasteiger partial charge in [0.05, 0.1) is 7.11 Å². The van der Waals surface area contributed by atoms with E-state index >= 15 is 0 Å². The van der Waals surface area contributed by atoms with Crippen molar-refractivity contribution in [2.45, 2.75) is 44.6 Å². The molecule has 84 valence electrons. The van der Waals surface area contributed by atoms with Crippen LogP contribution in [0.15, 0.2) is 0 Å². The van der Waals surface area contributed by atoms with E-state index in [-0.39, 0.29) is 12.4 Å². The average Bonchev–Trinajstić information content (AvgIpc) is 2.17. The predicted octanol–water partition coefficient (Wildman–Crippen LogP) is 1.88. The molecule has 1 atom stereocenters. The standard InChI is InChI=1S/C10H19NO2.ClH/c1-10(11,9(12)13-2)8-6-4-3-5-7-8;/h8H,3-7,11H2,1-2H3;1H/t10-;/m1./s1/i8D;. The third-order valence-corrected chi connectivity index (χ3v) is 2.80. The Morgan fingerprint density at radius 3 is 2.43 bits per heavy atom. The zero-order valence-corrected chi connectivity index (χ0v) is 9.65. The Labute approximate surface area is 93.2 Å². The molecule has 0 spiro atoms. The molecule has 4 heteroatoms. The summed E-state index contributed by atoms with van der Waals surface area (Å²) < 4.78 is 12.9. The topological polar surface area (TPSA) is 52.3 Å². The highest BCUT2D eigenvalue weighted by Crippen LogP contribution is 2.31. The molecular weight excluding hydrogens is 202 g/mol. The van der Waals surface area contributed by atoms with Crippen molar-refractivity contribution < 1.29 is 10.9 Å². The molecule has 0 amide bonds. The Morgan fingerprint density at radius 2 is 2.00 bits per heavy atom. The molecule has 0 unspecified atom stereocenters. The normalized spacial score (nSPS) is 25.2. The first-order valence-electron chi connectivity index (χ1n) is 5.31. The first-order chi connectivity index (χ1) is 6.44. The lowest BCUT2D eigenvalue weighted by Crippen LogP contribution is -2.52. The number of methoxy groups -OCH3 is 1. The molecular formula is C10H20ClNO2. The molecule has 0 saturated heterocycles. The van der Waals surface area contributed by atoms with Crippen molar-refractivity contribution in [3.05, 3.63) is 0 Å². The lowest BCUT2D eigenvalue weighted by Gasteiger charge is -2.34. The maximum atomic E-state index is 11.5. The molecule has 1 aliphatic carbocycles. The summed E-state index contributed by atoms with van der Waals surface area (Å²) in [6, 6.07) is 0. The van der Waals surface area contributed by atoms with Crippen molar-refractivity contribution in [3.8, 4) is 0 Å². The minimum atomic E-state index is -1.18. The van der Waals surface area contributed by atoms with E-state index in [0.717, 1.165) is 19.3 Å². The number of hydrogen-bond acceptors (Lipinski definition) is 3. The van der Waals surface area contributed by atoms with Crippen molar-refractivity contribution in [2.24, 2.45) is 11.6 Å². The summed E-state index contributed by atoms with van der Waals surface area (Å²) in [5, 5.41) is 0. The van der Waals surface area contributed by atoms with Crippen molar-refractivity contribution in [1.29, 1.82) is 0 Å². The quantitative estimate of drug-likeness (QED) is 0.726.